The van der Waals surface area contributed by atoms with Gasteiger partial charge in [0.15, 0.2) is 11.5 Å². The Hall–Kier alpha value is -2.57. The van der Waals surface area contributed by atoms with Crippen molar-refractivity contribution in [2.24, 2.45) is 5.10 Å². The second kappa shape index (κ2) is 6.38. The van der Waals surface area contributed by atoms with Crippen LogP contribution in [0.4, 0.5) is 0 Å². The molecule has 0 spiro atoms. The molecule has 0 bridgehead atoms. The molecule has 0 saturated heterocycles. The van der Waals surface area contributed by atoms with E-state index in [1.807, 2.05) is 31.2 Å². The first-order valence-corrected chi connectivity index (χ1v) is 8.73. The van der Waals surface area contributed by atoms with Crippen LogP contribution in [0.3, 0.4) is 0 Å². The lowest BCUT2D eigenvalue weighted by molar-refractivity contribution is 0.0959. The number of thiophene rings is 1. The molecule has 25 heavy (non-hydrogen) atoms. The molecule has 0 fully saturated rings. The van der Waals surface area contributed by atoms with Gasteiger partial charge in [-0.15, -0.1) is 11.3 Å². The maximum Gasteiger partial charge on any atom is 0.283 e. The molecule has 2 aromatic carbocycles. The van der Waals surface area contributed by atoms with E-state index >= 15 is 0 Å². The predicted molar refractivity (Wildman–Crippen MR) is 99.2 cm³/mol. The number of amides is 1. The summed E-state index contributed by atoms with van der Waals surface area (Å²) in [5.74, 6) is 1.03. The normalized spacial score (nSPS) is 12.9. The number of hydrogen-bond donors (Lipinski definition) is 1. The van der Waals surface area contributed by atoms with Gasteiger partial charge in [-0.25, -0.2) is 5.43 Å². The number of halogens is 1. The molecule has 2 heterocycles. The summed E-state index contributed by atoms with van der Waals surface area (Å²) in [6.07, 6.45) is 1.55. The standard InChI is InChI=1S/C18H13ClN2O3S/c1-10-2-4-12-15(6-10)25-17(16(12)19)18(22)21-20-8-11-3-5-13-14(7-11)24-9-23-13/h2-8H,9H2,1H3,(H,21,22)/b20-8-. The topological polar surface area (TPSA) is 59.9 Å². The van der Waals surface area contributed by atoms with Crippen LogP contribution in [0.5, 0.6) is 11.5 Å². The van der Waals surface area contributed by atoms with Crippen molar-refractivity contribution in [3.05, 3.63) is 57.4 Å². The van der Waals surface area contributed by atoms with Crippen molar-refractivity contribution >= 4 is 45.1 Å². The number of ether oxygens (including phenoxy) is 2. The third-order valence-corrected chi connectivity index (χ3v) is 5.42. The Morgan fingerprint density at radius 1 is 1.24 bits per heavy atom. The van der Waals surface area contributed by atoms with Crippen LogP contribution in [-0.4, -0.2) is 18.9 Å². The van der Waals surface area contributed by atoms with Gasteiger partial charge in [-0.2, -0.15) is 5.10 Å². The fourth-order valence-corrected chi connectivity index (χ4v) is 4.03. The zero-order valence-electron chi connectivity index (χ0n) is 13.2. The molecule has 7 heteroatoms. The molecule has 0 unspecified atom stereocenters. The highest BCUT2D eigenvalue weighted by atomic mass is 35.5. The lowest BCUT2D eigenvalue weighted by atomic mass is 10.2. The average Bonchev–Trinajstić information content (AvgIpc) is 3.18. The number of hydrazone groups is 1. The molecule has 1 aliphatic heterocycles. The minimum atomic E-state index is -0.333. The Balaban J connectivity index is 1.51. The third kappa shape index (κ3) is 3.06. The Morgan fingerprint density at radius 3 is 2.96 bits per heavy atom. The molecule has 3 aromatic rings. The number of nitrogens with one attached hydrogen (secondary N) is 1. The number of rotatable bonds is 3. The highest BCUT2D eigenvalue weighted by Gasteiger charge is 2.17. The van der Waals surface area contributed by atoms with Crippen LogP contribution >= 0.6 is 22.9 Å². The summed E-state index contributed by atoms with van der Waals surface area (Å²) in [6, 6.07) is 11.3. The van der Waals surface area contributed by atoms with Gasteiger partial charge in [-0.1, -0.05) is 23.7 Å². The van der Waals surface area contributed by atoms with E-state index in [1.165, 1.54) is 11.3 Å². The Bertz CT molecular complexity index is 1010. The summed E-state index contributed by atoms with van der Waals surface area (Å²) in [5, 5.41) is 5.33. The molecule has 1 amide bonds. The van der Waals surface area contributed by atoms with E-state index in [-0.39, 0.29) is 12.7 Å². The Labute approximate surface area is 152 Å². The first kappa shape index (κ1) is 15.9. The SMILES string of the molecule is Cc1ccc2c(Cl)c(C(=O)N/N=C\c3ccc4c(c3)OCO4)sc2c1. The zero-order valence-corrected chi connectivity index (χ0v) is 14.8. The second-order valence-electron chi connectivity index (χ2n) is 5.56. The molecular weight excluding hydrogens is 360 g/mol. The summed E-state index contributed by atoms with van der Waals surface area (Å²) in [7, 11) is 0. The first-order valence-electron chi connectivity index (χ1n) is 7.53. The van der Waals surface area contributed by atoms with E-state index in [0.717, 1.165) is 21.2 Å². The van der Waals surface area contributed by atoms with Gasteiger partial charge in [0.25, 0.3) is 5.91 Å². The quantitative estimate of drug-likeness (QED) is 0.549. The largest absolute Gasteiger partial charge is 0.454 e. The van der Waals surface area contributed by atoms with Crippen molar-refractivity contribution in [2.75, 3.05) is 6.79 Å². The smallest absolute Gasteiger partial charge is 0.283 e. The van der Waals surface area contributed by atoms with Gasteiger partial charge in [-0.3, -0.25) is 4.79 Å². The summed E-state index contributed by atoms with van der Waals surface area (Å²) < 4.78 is 11.5. The van der Waals surface area contributed by atoms with Crippen molar-refractivity contribution < 1.29 is 14.3 Å². The van der Waals surface area contributed by atoms with E-state index in [2.05, 4.69) is 10.5 Å². The fourth-order valence-electron chi connectivity index (χ4n) is 2.53. The molecule has 0 radical (unpaired) electrons. The van der Waals surface area contributed by atoms with Crippen molar-refractivity contribution in [3.8, 4) is 11.5 Å². The van der Waals surface area contributed by atoms with Gasteiger partial charge in [0, 0.05) is 10.1 Å². The summed E-state index contributed by atoms with van der Waals surface area (Å²) in [4.78, 5) is 12.8. The first-order chi connectivity index (χ1) is 12.1. The lowest BCUT2D eigenvalue weighted by Gasteiger charge is -1.99. The molecule has 0 saturated carbocycles. The maximum absolute atomic E-state index is 12.4. The van der Waals surface area contributed by atoms with Gasteiger partial charge < -0.3 is 9.47 Å². The number of fused-ring (bicyclic) bond motifs is 2. The van der Waals surface area contributed by atoms with Gasteiger partial charge >= 0.3 is 0 Å². The number of carbonyl (C=O) groups excluding carboxylic acids is 1. The minimum absolute atomic E-state index is 0.219. The van der Waals surface area contributed by atoms with Crippen molar-refractivity contribution in [1.29, 1.82) is 0 Å². The molecule has 5 nitrogen and oxygen atoms in total. The summed E-state index contributed by atoms with van der Waals surface area (Å²) in [6.45, 7) is 2.22. The van der Waals surface area contributed by atoms with Crippen LogP contribution in [0.25, 0.3) is 10.1 Å². The maximum atomic E-state index is 12.4. The number of hydrogen-bond acceptors (Lipinski definition) is 5. The van der Waals surface area contributed by atoms with E-state index in [1.54, 1.807) is 18.3 Å². The van der Waals surface area contributed by atoms with E-state index in [4.69, 9.17) is 21.1 Å². The number of benzene rings is 2. The predicted octanol–water partition coefficient (Wildman–Crippen LogP) is 4.36. The molecular formula is C18H13ClN2O3S. The molecule has 4 rings (SSSR count). The third-order valence-electron chi connectivity index (χ3n) is 3.77. The van der Waals surface area contributed by atoms with Crippen LogP contribution in [0.1, 0.15) is 20.8 Å². The molecule has 0 atom stereocenters. The lowest BCUT2D eigenvalue weighted by Crippen LogP contribution is -2.16. The van der Waals surface area contributed by atoms with Crippen LogP contribution in [-0.2, 0) is 0 Å². The average molecular weight is 373 g/mol. The van der Waals surface area contributed by atoms with Crippen LogP contribution in [0.2, 0.25) is 5.02 Å². The monoisotopic (exact) mass is 372 g/mol. The zero-order chi connectivity index (χ0) is 17.4. The fraction of sp³-hybridized carbons (Fsp3) is 0.111. The van der Waals surface area contributed by atoms with Gasteiger partial charge in [0.1, 0.15) is 4.88 Å². The van der Waals surface area contributed by atoms with Crippen LogP contribution in [0.15, 0.2) is 41.5 Å². The molecule has 0 aliphatic carbocycles. The van der Waals surface area contributed by atoms with Crippen LogP contribution < -0.4 is 14.9 Å². The van der Waals surface area contributed by atoms with E-state index in [9.17, 15) is 4.79 Å². The summed E-state index contributed by atoms with van der Waals surface area (Å²) in [5.41, 5.74) is 4.43. The van der Waals surface area contributed by atoms with Gasteiger partial charge in [0.05, 0.1) is 11.2 Å². The van der Waals surface area contributed by atoms with E-state index in [0.29, 0.717) is 21.4 Å². The molecule has 1 N–H and O–H groups in total. The highest BCUT2D eigenvalue weighted by Crippen LogP contribution is 2.35. The van der Waals surface area contributed by atoms with Gasteiger partial charge in [-0.05, 0) is 42.3 Å². The minimum Gasteiger partial charge on any atom is -0.454 e. The van der Waals surface area contributed by atoms with Crippen molar-refractivity contribution in [1.82, 2.24) is 5.43 Å². The van der Waals surface area contributed by atoms with Gasteiger partial charge in [0.2, 0.25) is 6.79 Å². The Morgan fingerprint density at radius 2 is 2.08 bits per heavy atom. The number of nitrogens with zero attached hydrogens (tertiary/aromatic N) is 1. The highest BCUT2D eigenvalue weighted by molar-refractivity contribution is 7.21. The van der Waals surface area contributed by atoms with Crippen molar-refractivity contribution in [3.63, 3.8) is 0 Å². The van der Waals surface area contributed by atoms with Crippen molar-refractivity contribution in [2.45, 2.75) is 6.92 Å². The number of aryl methyl sites for hydroxylation is 1. The number of carbonyl (C=O) groups is 1. The molecule has 126 valence electrons. The summed E-state index contributed by atoms with van der Waals surface area (Å²) >= 11 is 7.69. The molecule has 1 aliphatic rings. The Kier molecular flexibility index (Phi) is 4.07. The van der Waals surface area contributed by atoms with E-state index < -0.39 is 0 Å². The second-order valence-corrected chi connectivity index (χ2v) is 6.99. The molecule has 1 aromatic heterocycles. The van der Waals surface area contributed by atoms with Crippen LogP contribution in [0, 0.1) is 6.92 Å².